The Morgan fingerprint density at radius 1 is 1.67 bits per heavy atom. The molecule has 0 saturated heterocycles. The molecule has 3 nitrogen and oxygen atoms in total. The molecule has 0 spiro atoms. The molecule has 1 unspecified atom stereocenters. The third-order valence-electron chi connectivity index (χ3n) is 0.842. The van der Waals surface area contributed by atoms with Crippen LogP contribution in [0.4, 0.5) is 0 Å². The fourth-order valence-corrected chi connectivity index (χ4v) is 0.499. The summed E-state index contributed by atoms with van der Waals surface area (Å²) in [6.07, 6.45) is 0. The van der Waals surface area contributed by atoms with Gasteiger partial charge in [0.05, 0.1) is 0 Å². The summed E-state index contributed by atoms with van der Waals surface area (Å²) in [5.74, 6) is -0.237. The Morgan fingerprint density at radius 2 is 2.11 bits per heavy atom. The van der Waals surface area contributed by atoms with Gasteiger partial charge < -0.3 is 9.64 Å². The van der Waals surface area contributed by atoms with Crippen molar-refractivity contribution in [3.05, 3.63) is 0 Å². The summed E-state index contributed by atoms with van der Waals surface area (Å²) in [6, 6.07) is 0. The molecule has 0 aliphatic rings. The molecule has 1 atom stereocenters. The lowest BCUT2D eigenvalue weighted by Crippen LogP contribution is -2.31. The van der Waals surface area contributed by atoms with Gasteiger partial charge in [0.15, 0.2) is 0 Å². The first kappa shape index (κ1) is 8.72. The third kappa shape index (κ3) is 2.67. The van der Waals surface area contributed by atoms with E-state index in [-0.39, 0.29) is 5.91 Å². The maximum atomic E-state index is 10.7. The lowest BCUT2D eigenvalue weighted by Gasteiger charge is -2.12. The maximum absolute atomic E-state index is 10.7. The number of hydrogen-bond acceptors (Lipinski definition) is 2. The van der Waals surface area contributed by atoms with Gasteiger partial charge in [0.1, 0.15) is 0 Å². The number of nitrogens with zero attached hydrogens (tertiary/aromatic N) is 1. The Hall–Kier alpha value is -0.280. The van der Waals surface area contributed by atoms with Gasteiger partial charge in [-0.2, -0.15) is 0 Å². The minimum Gasteiger partial charge on any atom is -0.357 e. The van der Waals surface area contributed by atoms with Gasteiger partial charge in [-0.15, -0.1) is 0 Å². The van der Waals surface area contributed by atoms with Gasteiger partial charge in [-0.3, -0.25) is 4.79 Å². The van der Waals surface area contributed by atoms with Gasteiger partial charge >= 0.3 is 0 Å². The lowest BCUT2D eigenvalue weighted by atomic mass is 10.6. The van der Waals surface area contributed by atoms with E-state index >= 15 is 0 Å². The van der Waals surface area contributed by atoms with Crippen LogP contribution in [-0.4, -0.2) is 37.6 Å². The van der Waals surface area contributed by atoms with Crippen LogP contribution < -0.4 is 0 Å². The molecule has 0 bridgehead atoms. The molecule has 0 rings (SSSR count). The van der Waals surface area contributed by atoms with E-state index in [4.69, 9.17) is 11.6 Å². The van der Waals surface area contributed by atoms with Crippen LogP contribution in [0.25, 0.3) is 0 Å². The average Bonchev–Trinajstić information content (AvgIpc) is 1.84. The molecule has 54 valence electrons. The largest absolute Gasteiger partial charge is 0.357 e. The van der Waals surface area contributed by atoms with Crippen LogP contribution in [0.3, 0.4) is 0 Å². The minimum atomic E-state index is -0.847. The second-order valence-electron chi connectivity index (χ2n) is 1.78. The van der Waals surface area contributed by atoms with E-state index in [1.807, 2.05) is 0 Å². The zero-order chi connectivity index (χ0) is 7.44. The van der Waals surface area contributed by atoms with E-state index in [9.17, 15) is 4.79 Å². The third-order valence-corrected chi connectivity index (χ3v) is 1.21. The van der Waals surface area contributed by atoms with Gasteiger partial charge in [-0.05, 0) is 0 Å². The summed E-state index contributed by atoms with van der Waals surface area (Å²) in [5, 5.41) is 0. The van der Waals surface area contributed by atoms with Crippen molar-refractivity contribution in [2.45, 2.75) is 5.56 Å². The molecule has 1 amide bonds. The molecule has 9 heavy (non-hydrogen) atoms. The molecule has 0 N–H and O–H groups in total. The molecule has 0 fully saturated rings. The van der Waals surface area contributed by atoms with E-state index in [1.165, 1.54) is 12.0 Å². The van der Waals surface area contributed by atoms with Crippen molar-refractivity contribution < 1.29 is 9.53 Å². The number of halogens is 1. The predicted molar refractivity (Wildman–Crippen MR) is 35.3 cm³/mol. The molecular weight excluding hydrogens is 142 g/mol. The van der Waals surface area contributed by atoms with E-state index in [0.29, 0.717) is 0 Å². The van der Waals surface area contributed by atoms with Crippen molar-refractivity contribution in [1.29, 1.82) is 0 Å². The number of carbonyl (C=O) groups is 1. The van der Waals surface area contributed by atoms with Crippen molar-refractivity contribution in [3.63, 3.8) is 0 Å². The number of alkyl halides is 1. The smallest absolute Gasteiger partial charge is 0.266 e. The highest BCUT2D eigenvalue weighted by molar-refractivity contribution is 6.29. The number of rotatable bonds is 2. The molecule has 0 radical (unpaired) electrons. The van der Waals surface area contributed by atoms with Gasteiger partial charge in [-0.1, -0.05) is 11.6 Å². The number of hydrogen-bond donors (Lipinski definition) is 0. The van der Waals surface area contributed by atoms with E-state index < -0.39 is 5.56 Å². The van der Waals surface area contributed by atoms with Gasteiger partial charge in [0.25, 0.3) is 5.91 Å². The van der Waals surface area contributed by atoms with E-state index in [0.717, 1.165) is 0 Å². The highest BCUT2D eigenvalue weighted by Crippen LogP contribution is 1.98. The Labute approximate surface area is 59.5 Å². The zero-order valence-corrected chi connectivity index (χ0v) is 6.47. The Bertz CT molecular complexity index is 105. The van der Waals surface area contributed by atoms with Crippen LogP contribution in [-0.2, 0) is 9.53 Å². The summed E-state index contributed by atoms with van der Waals surface area (Å²) >= 11 is 5.40. The first-order valence-corrected chi connectivity index (χ1v) is 2.91. The van der Waals surface area contributed by atoms with Gasteiger partial charge in [0.2, 0.25) is 5.56 Å². The van der Waals surface area contributed by atoms with Crippen molar-refractivity contribution in [3.8, 4) is 0 Å². The van der Waals surface area contributed by atoms with Crippen LogP contribution in [0.2, 0.25) is 0 Å². The number of likely N-dealkylation sites (N-methyl/N-ethyl adjacent to an activating group) is 1. The van der Waals surface area contributed by atoms with Crippen molar-refractivity contribution >= 4 is 17.5 Å². The first-order valence-electron chi connectivity index (χ1n) is 2.47. The average molecular weight is 152 g/mol. The fourth-order valence-electron chi connectivity index (χ4n) is 0.304. The molecule has 0 aromatic rings. The Kier molecular flexibility index (Phi) is 3.58. The molecule has 0 aromatic carbocycles. The fraction of sp³-hybridized carbons (Fsp3) is 0.800. The highest BCUT2D eigenvalue weighted by atomic mass is 35.5. The van der Waals surface area contributed by atoms with Crippen LogP contribution in [0, 0.1) is 0 Å². The topological polar surface area (TPSA) is 29.5 Å². The van der Waals surface area contributed by atoms with Crippen molar-refractivity contribution in [2.75, 3.05) is 21.2 Å². The SMILES string of the molecule is COC(Cl)C(=O)N(C)C. The second kappa shape index (κ2) is 3.69. The summed E-state index contributed by atoms with van der Waals surface area (Å²) in [7, 11) is 4.63. The number of methoxy groups -OCH3 is 1. The lowest BCUT2D eigenvalue weighted by molar-refractivity contribution is -0.134. The molecule has 4 heteroatoms. The number of ether oxygens (including phenoxy) is 1. The molecular formula is C5H10ClNO2. The second-order valence-corrected chi connectivity index (χ2v) is 2.18. The highest BCUT2D eigenvalue weighted by Gasteiger charge is 2.14. The number of amides is 1. The maximum Gasteiger partial charge on any atom is 0.266 e. The minimum absolute atomic E-state index is 0.237. The summed E-state index contributed by atoms with van der Waals surface area (Å²) < 4.78 is 4.55. The summed E-state index contributed by atoms with van der Waals surface area (Å²) in [4.78, 5) is 12.1. The Balaban J connectivity index is 3.73. The van der Waals surface area contributed by atoms with Crippen LogP contribution in [0.1, 0.15) is 0 Å². The summed E-state index contributed by atoms with van der Waals surface area (Å²) in [5.41, 5.74) is -0.847. The van der Waals surface area contributed by atoms with Gasteiger partial charge in [0, 0.05) is 21.2 Å². The van der Waals surface area contributed by atoms with E-state index in [1.54, 1.807) is 14.1 Å². The normalized spacial score (nSPS) is 12.9. The Morgan fingerprint density at radius 3 is 2.22 bits per heavy atom. The van der Waals surface area contributed by atoms with Crippen molar-refractivity contribution in [2.24, 2.45) is 0 Å². The molecule has 0 aromatic heterocycles. The number of carbonyl (C=O) groups excluding carboxylic acids is 1. The zero-order valence-electron chi connectivity index (χ0n) is 5.72. The van der Waals surface area contributed by atoms with Crippen LogP contribution >= 0.6 is 11.6 Å². The van der Waals surface area contributed by atoms with Gasteiger partial charge in [-0.25, -0.2) is 0 Å². The predicted octanol–water partition coefficient (Wildman–Crippen LogP) is 0.286. The first-order chi connectivity index (χ1) is 4.09. The molecule has 0 heterocycles. The quantitative estimate of drug-likeness (QED) is 0.531. The van der Waals surface area contributed by atoms with Crippen LogP contribution in [0.5, 0.6) is 0 Å². The van der Waals surface area contributed by atoms with Crippen LogP contribution in [0.15, 0.2) is 0 Å². The monoisotopic (exact) mass is 151 g/mol. The summed E-state index contributed by atoms with van der Waals surface area (Å²) in [6.45, 7) is 0. The molecule has 0 aliphatic heterocycles. The molecule has 0 aliphatic carbocycles. The molecule has 0 saturated carbocycles. The standard InChI is InChI=1S/C5H10ClNO2/c1-7(2)5(8)4(6)9-3/h4H,1-3H3. The van der Waals surface area contributed by atoms with E-state index in [2.05, 4.69) is 4.74 Å². The van der Waals surface area contributed by atoms with Crippen molar-refractivity contribution in [1.82, 2.24) is 4.90 Å².